The lowest BCUT2D eigenvalue weighted by molar-refractivity contribution is -0.384. The fourth-order valence-corrected chi connectivity index (χ4v) is 3.45. The summed E-state index contributed by atoms with van der Waals surface area (Å²) in [6.07, 6.45) is 0. The van der Waals surface area contributed by atoms with Gasteiger partial charge in [0.2, 0.25) is 0 Å². The molecule has 3 rings (SSSR count). The number of nitrogens with one attached hydrogen (secondary N) is 2. The maximum atomic E-state index is 12.6. The Morgan fingerprint density at radius 2 is 1.91 bits per heavy atom. The molecule has 4 N–H and O–H groups in total. The van der Waals surface area contributed by atoms with Gasteiger partial charge in [-0.2, -0.15) is 0 Å². The van der Waals surface area contributed by atoms with E-state index in [0.29, 0.717) is 37.6 Å². The topological polar surface area (TPSA) is 154 Å². The van der Waals surface area contributed by atoms with Crippen LogP contribution in [0, 0.1) is 17.0 Å². The zero-order chi connectivity index (χ0) is 23.4. The van der Waals surface area contributed by atoms with Crippen LogP contribution in [0.4, 0.5) is 17.1 Å². The standard InChI is InChI=1S/C20H20N4O7S/c1-11-8-13(10-14(17(11)25)19(27)28)21-20(32)22-18(26)12-2-3-15(16(9-12)24(29)30)23-4-6-31-7-5-23/h2-3,8-10,25H,4-7H2,1H3,(H,27,28)(H2,21,22,26,32). The van der Waals surface area contributed by atoms with Crippen LogP contribution in [-0.2, 0) is 4.74 Å². The molecule has 0 bridgehead atoms. The first-order chi connectivity index (χ1) is 15.2. The lowest BCUT2D eigenvalue weighted by atomic mass is 10.1. The number of ether oxygens (including phenoxy) is 1. The number of anilines is 2. The number of thiocarbonyl (C=S) groups is 1. The van der Waals surface area contributed by atoms with E-state index in [2.05, 4.69) is 10.6 Å². The van der Waals surface area contributed by atoms with E-state index >= 15 is 0 Å². The molecule has 1 saturated heterocycles. The highest BCUT2D eigenvalue weighted by atomic mass is 32.1. The third kappa shape index (κ3) is 5.10. The summed E-state index contributed by atoms with van der Waals surface area (Å²) < 4.78 is 5.27. The van der Waals surface area contributed by atoms with Crippen molar-refractivity contribution in [1.82, 2.24) is 5.32 Å². The molecular formula is C20H20N4O7S. The van der Waals surface area contributed by atoms with Gasteiger partial charge in [0.1, 0.15) is 17.0 Å². The van der Waals surface area contributed by atoms with Gasteiger partial charge in [0.15, 0.2) is 5.11 Å². The highest BCUT2D eigenvalue weighted by molar-refractivity contribution is 7.80. The average molecular weight is 460 g/mol. The molecule has 1 aliphatic heterocycles. The van der Waals surface area contributed by atoms with Gasteiger partial charge < -0.3 is 25.2 Å². The minimum absolute atomic E-state index is 0.0333. The Balaban J connectivity index is 1.75. The number of hydrogen-bond donors (Lipinski definition) is 4. The maximum Gasteiger partial charge on any atom is 0.339 e. The second kappa shape index (κ2) is 9.58. The number of nitro benzene ring substituents is 1. The lowest BCUT2D eigenvalue weighted by Gasteiger charge is -2.28. The van der Waals surface area contributed by atoms with E-state index in [1.165, 1.54) is 37.3 Å². The molecule has 12 heteroatoms. The summed E-state index contributed by atoms with van der Waals surface area (Å²) >= 11 is 5.10. The van der Waals surface area contributed by atoms with E-state index in [4.69, 9.17) is 17.0 Å². The molecule has 0 atom stereocenters. The molecule has 2 aromatic rings. The van der Waals surface area contributed by atoms with Crippen LogP contribution in [-0.4, -0.2) is 58.4 Å². The van der Waals surface area contributed by atoms with Crippen molar-refractivity contribution < 1.29 is 29.5 Å². The van der Waals surface area contributed by atoms with Gasteiger partial charge in [0.25, 0.3) is 11.6 Å². The number of carboxylic acid groups (broad SMARTS) is 1. The third-order valence-corrected chi connectivity index (χ3v) is 5.01. The molecule has 0 aliphatic carbocycles. The normalized spacial score (nSPS) is 13.3. The number of nitrogens with zero attached hydrogens (tertiary/aromatic N) is 2. The molecule has 0 unspecified atom stereocenters. The summed E-state index contributed by atoms with van der Waals surface area (Å²) in [6.45, 7) is 3.44. The molecular weight excluding hydrogens is 440 g/mol. The summed E-state index contributed by atoms with van der Waals surface area (Å²) in [5, 5.41) is 35.5. The number of rotatable bonds is 5. The Morgan fingerprint density at radius 1 is 1.22 bits per heavy atom. The van der Waals surface area contributed by atoms with Crippen LogP contribution in [0.2, 0.25) is 0 Å². The van der Waals surface area contributed by atoms with Crippen LogP contribution in [0.5, 0.6) is 5.75 Å². The molecule has 168 valence electrons. The number of nitro groups is 1. The quantitative estimate of drug-likeness (QED) is 0.226. The minimum atomic E-state index is -1.32. The van der Waals surface area contributed by atoms with Crippen molar-refractivity contribution in [2.24, 2.45) is 0 Å². The molecule has 11 nitrogen and oxygen atoms in total. The second-order valence-electron chi connectivity index (χ2n) is 6.96. The number of hydrogen-bond acceptors (Lipinski definition) is 8. The lowest BCUT2D eigenvalue weighted by Crippen LogP contribution is -2.37. The summed E-state index contributed by atoms with van der Waals surface area (Å²) in [4.78, 5) is 36.7. The molecule has 2 aromatic carbocycles. The first-order valence-corrected chi connectivity index (χ1v) is 9.88. The predicted molar refractivity (Wildman–Crippen MR) is 120 cm³/mol. The molecule has 1 amide bonds. The summed E-state index contributed by atoms with van der Waals surface area (Å²) in [6, 6.07) is 6.78. The van der Waals surface area contributed by atoms with Gasteiger partial charge in [-0.25, -0.2) is 4.79 Å². The van der Waals surface area contributed by atoms with Gasteiger partial charge in [0.05, 0.1) is 18.1 Å². The first kappa shape index (κ1) is 22.9. The Hall–Kier alpha value is -3.77. The molecule has 0 radical (unpaired) electrons. The van der Waals surface area contributed by atoms with Gasteiger partial charge in [-0.3, -0.25) is 20.2 Å². The van der Waals surface area contributed by atoms with E-state index in [9.17, 15) is 29.9 Å². The van der Waals surface area contributed by atoms with E-state index in [1.807, 2.05) is 4.90 Å². The number of morpholine rings is 1. The predicted octanol–water partition coefficient (Wildman–Crippen LogP) is 2.27. The van der Waals surface area contributed by atoms with Crippen molar-refractivity contribution >= 4 is 46.3 Å². The number of benzene rings is 2. The molecule has 1 fully saturated rings. The van der Waals surface area contributed by atoms with E-state index in [-0.39, 0.29) is 33.4 Å². The largest absolute Gasteiger partial charge is 0.507 e. The zero-order valence-electron chi connectivity index (χ0n) is 17.0. The fourth-order valence-electron chi connectivity index (χ4n) is 3.23. The number of amides is 1. The molecule has 0 spiro atoms. The fraction of sp³-hybridized carbons (Fsp3) is 0.250. The average Bonchev–Trinajstić information content (AvgIpc) is 2.75. The van der Waals surface area contributed by atoms with Crippen LogP contribution in [0.15, 0.2) is 30.3 Å². The molecule has 1 aliphatic rings. The number of carbonyl (C=O) groups excluding carboxylic acids is 1. The van der Waals surface area contributed by atoms with Gasteiger partial charge in [-0.05, 0) is 49.0 Å². The van der Waals surface area contributed by atoms with Crippen LogP contribution in [0.1, 0.15) is 26.3 Å². The number of carbonyl (C=O) groups is 2. The van der Waals surface area contributed by atoms with Gasteiger partial charge in [-0.15, -0.1) is 0 Å². The van der Waals surface area contributed by atoms with E-state index < -0.39 is 16.8 Å². The van der Waals surface area contributed by atoms with Crippen LogP contribution >= 0.6 is 12.2 Å². The van der Waals surface area contributed by atoms with Crippen LogP contribution < -0.4 is 15.5 Å². The number of aromatic carboxylic acids is 1. The Bertz CT molecular complexity index is 1100. The zero-order valence-corrected chi connectivity index (χ0v) is 17.8. The Kier molecular flexibility index (Phi) is 6.85. The van der Waals surface area contributed by atoms with Crippen molar-refractivity contribution in [2.45, 2.75) is 6.92 Å². The highest BCUT2D eigenvalue weighted by Gasteiger charge is 2.23. The van der Waals surface area contributed by atoms with Gasteiger partial charge >= 0.3 is 5.97 Å². The van der Waals surface area contributed by atoms with Crippen LogP contribution in [0.25, 0.3) is 0 Å². The van der Waals surface area contributed by atoms with Gasteiger partial charge in [0, 0.05) is 30.4 Å². The third-order valence-electron chi connectivity index (χ3n) is 4.80. The molecule has 0 saturated carbocycles. The van der Waals surface area contributed by atoms with Crippen molar-refractivity contribution in [1.29, 1.82) is 0 Å². The number of aryl methyl sites for hydroxylation is 1. The van der Waals surface area contributed by atoms with Crippen molar-refractivity contribution in [3.05, 3.63) is 57.1 Å². The molecule has 32 heavy (non-hydrogen) atoms. The molecule has 1 heterocycles. The summed E-state index contributed by atoms with van der Waals surface area (Å²) in [5.74, 6) is -2.37. The monoisotopic (exact) mass is 460 g/mol. The maximum absolute atomic E-state index is 12.6. The van der Waals surface area contributed by atoms with Crippen molar-refractivity contribution in [3.63, 3.8) is 0 Å². The van der Waals surface area contributed by atoms with E-state index in [1.54, 1.807) is 0 Å². The van der Waals surface area contributed by atoms with Gasteiger partial charge in [-0.1, -0.05) is 0 Å². The SMILES string of the molecule is Cc1cc(NC(=S)NC(=O)c2ccc(N3CCOCC3)c([N+](=O)[O-])c2)cc(C(=O)O)c1O. The van der Waals surface area contributed by atoms with Crippen molar-refractivity contribution in [3.8, 4) is 5.75 Å². The number of phenols is 1. The van der Waals surface area contributed by atoms with E-state index in [0.717, 1.165) is 0 Å². The Morgan fingerprint density at radius 3 is 2.53 bits per heavy atom. The second-order valence-corrected chi connectivity index (χ2v) is 7.37. The summed E-state index contributed by atoms with van der Waals surface area (Å²) in [7, 11) is 0. The Labute approximate surface area is 187 Å². The summed E-state index contributed by atoms with van der Waals surface area (Å²) in [5.41, 5.74) is 0.449. The van der Waals surface area contributed by atoms with Crippen molar-refractivity contribution in [2.75, 3.05) is 36.5 Å². The first-order valence-electron chi connectivity index (χ1n) is 9.47. The number of aromatic hydroxyl groups is 1. The van der Waals surface area contributed by atoms with Crippen LogP contribution in [0.3, 0.4) is 0 Å². The molecule has 0 aromatic heterocycles. The smallest absolute Gasteiger partial charge is 0.339 e. The number of carboxylic acids is 1. The minimum Gasteiger partial charge on any atom is -0.507 e. The highest BCUT2D eigenvalue weighted by Crippen LogP contribution is 2.30.